The van der Waals surface area contributed by atoms with Gasteiger partial charge in [0, 0.05) is 12.1 Å². The fourth-order valence-electron chi connectivity index (χ4n) is 1.30. The van der Waals surface area contributed by atoms with E-state index in [1.54, 1.807) is 17.5 Å². The fraction of sp³-hybridized carbons (Fsp3) is 0.417. The maximum Gasteiger partial charge on any atom is 0.166 e. The minimum absolute atomic E-state index is 0.454. The number of aromatic nitrogens is 3. The molecule has 0 N–H and O–H groups in total. The molecular weight excluding hydrogens is 218 g/mol. The predicted molar refractivity (Wildman–Crippen MR) is 66.4 cm³/mol. The van der Waals surface area contributed by atoms with Crippen LogP contribution >= 0.6 is 11.3 Å². The Labute approximate surface area is 99.6 Å². The first kappa shape index (κ1) is 11.2. The van der Waals surface area contributed by atoms with E-state index >= 15 is 0 Å². The van der Waals surface area contributed by atoms with E-state index in [1.807, 2.05) is 18.2 Å². The first-order valence-electron chi connectivity index (χ1n) is 5.43. The third kappa shape index (κ3) is 2.27. The van der Waals surface area contributed by atoms with Crippen LogP contribution in [-0.4, -0.2) is 15.2 Å². The molecule has 0 fully saturated rings. The first-order chi connectivity index (χ1) is 7.68. The molecule has 2 rings (SSSR count). The molecule has 4 heteroatoms. The van der Waals surface area contributed by atoms with Crippen LogP contribution in [0.3, 0.4) is 0 Å². The van der Waals surface area contributed by atoms with Gasteiger partial charge in [-0.05, 0) is 18.1 Å². The molecule has 2 aromatic rings. The third-order valence-corrected chi connectivity index (χ3v) is 3.86. The van der Waals surface area contributed by atoms with Crippen molar-refractivity contribution in [2.45, 2.75) is 26.7 Å². The second-order valence-corrected chi connectivity index (χ2v) is 5.20. The maximum absolute atomic E-state index is 4.27. The minimum Gasteiger partial charge on any atom is -0.254 e. The third-order valence-electron chi connectivity index (χ3n) is 2.71. The molecule has 0 bridgehead atoms. The highest BCUT2D eigenvalue weighted by Gasteiger charge is 2.16. The van der Waals surface area contributed by atoms with Crippen LogP contribution < -0.4 is 0 Å². The van der Waals surface area contributed by atoms with Crippen LogP contribution in [0.4, 0.5) is 0 Å². The van der Waals surface area contributed by atoms with Gasteiger partial charge in [0.1, 0.15) is 10.7 Å². The molecular formula is C12H15N3S. The van der Waals surface area contributed by atoms with E-state index in [4.69, 9.17) is 0 Å². The van der Waals surface area contributed by atoms with E-state index in [-0.39, 0.29) is 0 Å². The average Bonchev–Trinajstić information content (AvgIpc) is 2.78. The van der Waals surface area contributed by atoms with Gasteiger partial charge in [0.2, 0.25) is 0 Å². The molecule has 2 aromatic heterocycles. The summed E-state index contributed by atoms with van der Waals surface area (Å²) in [7, 11) is 0. The quantitative estimate of drug-likeness (QED) is 0.816. The number of hydrogen-bond acceptors (Lipinski definition) is 4. The molecule has 0 saturated carbocycles. The maximum atomic E-state index is 4.27. The van der Waals surface area contributed by atoms with Gasteiger partial charge in [-0.2, -0.15) is 0 Å². The lowest BCUT2D eigenvalue weighted by Gasteiger charge is -2.10. The van der Waals surface area contributed by atoms with Crippen LogP contribution in [0.1, 0.15) is 31.7 Å². The predicted octanol–water partition coefficient (Wildman–Crippen LogP) is 3.36. The van der Waals surface area contributed by atoms with Crippen molar-refractivity contribution in [3.05, 3.63) is 29.4 Å². The minimum atomic E-state index is 0.454. The number of rotatable bonds is 3. The Morgan fingerprint density at radius 2 is 1.94 bits per heavy atom. The Morgan fingerprint density at radius 3 is 2.56 bits per heavy atom. The smallest absolute Gasteiger partial charge is 0.166 e. The Balaban J connectivity index is 2.27. The molecule has 0 aliphatic carbocycles. The topological polar surface area (TPSA) is 38.7 Å². The van der Waals surface area contributed by atoms with E-state index in [1.165, 1.54) is 0 Å². The van der Waals surface area contributed by atoms with Crippen molar-refractivity contribution in [1.82, 2.24) is 15.2 Å². The van der Waals surface area contributed by atoms with Crippen LogP contribution in [0.5, 0.6) is 0 Å². The molecule has 0 saturated heterocycles. The lowest BCUT2D eigenvalue weighted by atomic mass is 9.99. The molecule has 2 heterocycles. The van der Waals surface area contributed by atoms with Gasteiger partial charge in [-0.3, -0.25) is 4.98 Å². The van der Waals surface area contributed by atoms with Crippen molar-refractivity contribution in [3.63, 3.8) is 0 Å². The zero-order chi connectivity index (χ0) is 11.5. The van der Waals surface area contributed by atoms with Crippen LogP contribution in [-0.2, 0) is 0 Å². The monoisotopic (exact) mass is 233 g/mol. The molecule has 0 aromatic carbocycles. The lowest BCUT2D eigenvalue weighted by Crippen LogP contribution is -2.00. The highest BCUT2D eigenvalue weighted by Crippen LogP contribution is 2.29. The van der Waals surface area contributed by atoms with Crippen molar-refractivity contribution < 1.29 is 0 Å². The summed E-state index contributed by atoms with van der Waals surface area (Å²) in [6, 6.07) is 5.84. The Kier molecular flexibility index (Phi) is 3.29. The molecule has 84 valence electrons. The normalized spacial score (nSPS) is 13.0. The second kappa shape index (κ2) is 4.70. The molecule has 0 spiro atoms. The van der Waals surface area contributed by atoms with Crippen molar-refractivity contribution in [3.8, 4) is 10.7 Å². The molecule has 0 amide bonds. The van der Waals surface area contributed by atoms with Gasteiger partial charge in [0.15, 0.2) is 5.01 Å². The van der Waals surface area contributed by atoms with Crippen LogP contribution in [0.25, 0.3) is 10.7 Å². The van der Waals surface area contributed by atoms with Gasteiger partial charge in [0.25, 0.3) is 0 Å². The summed E-state index contributed by atoms with van der Waals surface area (Å²) in [6.45, 7) is 6.59. The Bertz CT molecular complexity index is 450. The lowest BCUT2D eigenvalue weighted by molar-refractivity contribution is 0.529. The summed E-state index contributed by atoms with van der Waals surface area (Å²) in [6.07, 6.45) is 1.78. The Morgan fingerprint density at radius 1 is 1.12 bits per heavy atom. The van der Waals surface area contributed by atoms with E-state index in [0.29, 0.717) is 11.8 Å². The SMILES string of the molecule is CC(C)C(C)c1nnc(-c2ccccn2)s1. The van der Waals surface area contributed by atoms with E-state index < -0.39 is 0 Å². The largest absolute Gasteiger partial charge is 0.254 e. The van der Waals surface area contributed by atoms with E-state index in [2.05, 4.69) is 36.0 Å². The fourth-order valence-corrected chi connectivity index (χ4v) is 2.34. The molecule has 3 nitrogen and oxygen atoms in total. The van der Waals surface area contributed by atoms with Crippen molar-refractivity contribution >= 4 is 11.3 Å². The molecule has 0 aliphatic rings. The van der Waals surface area contributed by atoms with Gasteiger partial charge < -0.3 is 0 Å². The van der Waals surface area contributed by atoms with Gasteiger partial charge in [-0.1, -0.05) is 38.2 Å². The number of nitrogens with zero attached hydrogens (tertiary/aromatic N) is 3. The summed E-state index contributed by atoms with van der Waals surface area (Å²) in [5, 5.41) is 10.4. The summed E-state index contributed by atoms with van der Waals surface area (Å²) in [4.78, 5) is 4.27. The molecule has 0 aliphatic heterocycles. The Hall–Kier alpha value is -1.29. The molecule has 0 radical (unpaired) electrons. The number of pyridine rings is 1. The van der Waals surface area contributed by atoms with Gasteiger partial charge in [0.05, 0.1) is 0 Å². The van der Waals surface area contributed by atoms with Crippen molar-refractivity contribution in [1.29, 1.82) is 0 Å². The zero-order valence-corrected chi connectivity index (χ0v) is 10.5. The second-order valence-electron chi connectivity index (χ2n) is 4.19. The highest BCUT2D eigenvalue weighted by atomic mass is 32.1. The number of hydrogen-bond donors (Lipinski definition) is 0. The summed E-state index contributed by atoms with van der Waals surface area (Å²) in [5.74, 6) is 1.04. The van der Waals surface area contributed by atoms with Crippen molar-refractivity contribution in [2.75, 3.05) is 0 Å². The van der Waals surface area contributed by atoms with E-state index in [0.717, 1.165) is 15.7 Å². The van der Waals surface area contributed by atoms with Crippen LogP contribution in [0.2, 0.25) is 0 Å². The van der Waals surface area contributed by atoms with Gasteiger partial charge in [-0.25, -0.2) is 0 Å². The van der Waals surface area contributed by atoms with Crippen LogP contribution in [0, 0.1) is 5.92 Å². The summed E-state index contributed by atoms with van der Waals surface area (Å²) in [5.41, 5.74) is 0.905. The summed E-state index contributed by atoms with van der Waals surface area (Å²) < 4.78 is 0. The van der Waals surface area contributed by atoms with Crippen molar-refractivity contribution in [2.24, 2.45) is 5.92 Å². The summed E-state index contributed by atoms with van der Waals surface area (Å²) >= 11 is 1.64. The van der Waals surface area contributed by atoms with E-state index in [9.17, 15) is 0 Å². The molecule has 1 unspecified atom stereocenters. The molecule has 16 heavy (non-hydrogen) atoms. The van der Waals surface area contributed by atoms with Gasteiger partial charge >= 0.3 is 0 Å². The first-order valence-corrected chi connectivity index (χ1v) is 6.25. The highest BCUT2D eigenvalue weighted by molar-refractivity contribution is 7.14. The molecule has 1 atom stereocenters. The average molecular weight is 233 g/mol. The standard InChI is InChI=1S/C12H15N3S/c1-8(2)9(3)11-14-15-12(16-11)10-6-4-5-7-13-10/h4-9H,1-3H3. The van der Waals surface area contributed by atoms with Crippen LogP contribution in [0.15, 0.2) is 24.4 Å². The zero-order valence-electron chi connectivity index (χ0n) is 9.71. The van der Waals surface area contributed by atoms with Gasteiger partial charge in [-0.15, -0.1) is 10.2 Å².